The summed E-state index contributed by atoms with van der Waals surface area (Å²) in [5.74, 6) is -0.129. The van der Waals surface area contributed by atoms with Crippen molar-refractivity contribution >= 4 is 23.5 Å². The molecule has 0 bridgehead atoms. The number of hydrogen-bond donors (Lipinski definition) is 1. The number of amides is 3. The van der Waals surface area contributed by atoms with Gasteiger partial charge in [0.15, 0.2) is 0 Å². The molecule has 3 amide bonds. The van der Waals surface area contributed by atoms with Crippen LogP contribution < -0.4 is 5.32 Å². The quantitative estimate of drug-likeness (QED) is 0.727. The third-order valence-electron chi connectivity index (χ3n) is 2.34. The first-order valence-corrected chi connectivity index (χ1v) is 5.39. The number of urea groups is 1. The zero-order valence-corrected chi connectivity index (χ0v) is 9.42. The van der Waals surface area contributed by atoms with Crippen molar-refractivity contribution in [3.8, 4) is 0 Å². The molecule has 1 atom stereocenters. The number of carbonyl (C=O) groups excluding carboxylic acids is 2. The van der Waals surface area contributed by atoms with Crippen LogP contribution in [0.2, 0.25) is 0 Å². The Morgan fingerprint density at radius 2 is 2.33 bits per heavy atom. The Bertz CT molecular complexity index is 242. The molecule has 6 heteroatoms. The molecule has 15 heavy (non-hydrogen) atoms. The van der Waals surface area contributed by atoms with Gasteiger partial charge in [0, 0.05) is 26.0 Å². The van der Waals surface area contributed by atoms with Crippen molar-refractivity contribution in [1.29, 1.82) is 0 Å². The number of rotatable bonds is 3. The van der Waals surface area contributed by atoms with Crippen LogP contribution in [0.15, 0.2) is 0 Å². The molecule has 0 saturated carbocycles. The van der Waals surface area contributed by atoms with Crippen LogP contribution in [0.25, 0.3) is 0 Å². The topological polar surface area (TPSA) is 58.6 Å². The number of nitrogens with one attached hydrogen (secondary N) is 1. The molecule has 1 saturated heterocycles. The molecule has 0 aliphatic carbocycles. The van der Waals surface area contributed by atoms with E-state index in [-0.39, 0.29) is 30.3 Å². The number of ether oxygens (including phenoxy) is 1. The zero-order valence-electron chi connectivity index (χ0n) is 8.66. The van der Waals surface area contributed by atoms with E-state index in [1.165, 1.54) is 4.90 Å². The van der Waals surface area contributed by atoms with E-state index in [0.717, 1.165) is 6.42 Å². The van der Waals surface area contributed by atoms with Crippen molar-refractivity contribution in [2.45, 2.75) is 18.9 Å². The lowest BCUT2D eigenvalue weighted by atomic mass is 10.2. The predicted molar refractivity (Wildman–Crippen MR) is 55.9 cm³/mol. The second-order valence-corrected chi connectivity index (χ2v) is 3.80. The van der Waals surface area contributed by atoms with Crippen molar-refractivity contribution in [2.75, 3.05) is 26.1 Å². The maximum Gasteiger partial charge on any atom is 0.324 e. The monoisotopic (exact) mass is 234 g/mol. The lowest BCUT2D eigenvalue weighted by Gasteiger charge is -2.22. The van der Waals surface area contributed by atoms with Gasteiger partial charge in [0.1, 0.15) is 0 Å². The van der Waals surface area contributed by atoms with Gasteiger partial charge in [-0.3, -0.25) is 10.1 Å². The molecular formula is C9H15ClN2O3. The van der Waals surface area contributed by atoms with Crippen LogP contribution >= 0.6 is 11.6 Å². The molecule has 1 unspecified atom stereocenters. The van der Waals surface area contributed by atoms with Crippen LogP contribution in [0.5, 0.6) is 0 Å². The molecule has 1 fully saturated rings. The SMILES string of the molecule is CN(C(=O)NC(=O)CCCl)C1CCOC1. The molecule has 1 aliphatic rings. The summed E-state index contributed by atoms with van der Waals surface area (Å²) in [6.07, 6.45) is 0.968. The minimum absolute atomic E-state index is 0.0637. The molecule has 1 aliphatic heterocycles. The Hall–Kier alpha value is -0.810. The smallest absolute Gasteiger partial charge is 0.324 e. The predicted octanol–water partition coefficient (Wildman–Crippen LogP) is 0.572. The fraction of sp³-hybridized carbons (Fsp3) is 0.778. The summed E-state index contributed by atoms with van der Waals surface area (Å²) < 4.78 is 5.15. The molecule has 0 spiro atoms. The van der Waals surface area contributed by atoms with Crippen molar-refractivity contribution < 1.29 is 14.3 Å². The Balaban J connectivity index is 2.35. The van der Waals surface area contributed by atoms with Crippen molar-refractivity contribution in [3.05, 3.63) is 0 Å². The number of carbonyl (C=O) groups is 2. The molecule has 86 valence electrons. The maximum absolute atomic E-state index is 11.5. The van der Waals surface area contributed by atoms with Gasteiger partial charge in [0.2, 0.25) is 5.91 Å². The van der Waals surface area contributed by atoms with Crippen molar-refractivity contribution in [3.63, 3.8) is 0 Å². The fourth-order valence-corrected chi connectivity index (χ4v) is 1.52. The number of likely N-dealkylation sites (N-methyl/N-ethyl adjacent to an activating group) is 1. The molecule has 0 aromatic rings. The molecule has 0 aromatic heterocycles. The van der Waals surface area contributed by atoms with Gasteiger partial charge in [-0.2, -0.15) is 0 Å². The van der Waals surface area contributed by atoms with Gasteiger partial charge in [0.25, 0.3) is 0 Å². The maximum atomic E-state index is 11.5. The number of hydrogen-bond acceptors (Lipinski definition) is 3. The van der Waals surface area contributed by atoms with E-state index in [4.69, 9.17) is 16.3 Å². The summed E-state index contributed by atoms with van der Waals surface area (Å²) in [6, 6.07) is -0.325. The number of imide groups is 1. The zero-order chi connectivity index (χ0) is 11.3. The van der Waals surface area contributed by atoms with Gasteiger partial charge in [-0.05, 0) is 6.42 Å². The highest BCUT2D eigenvalue weighted by Gasteiger charge is 2.24. The number of nitrogens with zero attached hydrogens (tertiary/aromatic N) is 1. The first kappa shape index (κ1) is 12.3. The standard InChI is InChI=1S/C9H15ClN2O3/c1-12(7-3-5-15-6-7)9(14)11-8(13)2-4-10/h7H,2-6H2,1H3,(H,11,13,14). The van der Waals surface area contributed by atoms with Crippen LogP contribution in [0.4, 0.5) is 4.79 Å². The van der Waals surface area contributed by atoms with E-state index >= 15 is 0 Å². The van der Waals surface area contributed by atoms with Gasteiger partial charge in [0.05, 0.1) is 12.6 Å². The van der Waals surface area contributed by atoms with Gasteiger partial charge in [-0.1, -0.05) is 0 Å². The minimum Gasteiger partial charge on any atom is -0.379 e. The molecule has 1 heterocycles. The normalized spacial score (nSPS) is 20.0. The van der Waals surface area contributed by atoms with E-state index in [1.807, 2.05) is 0 Å². The van der Waals surface area contributed by atoms with E-state index in [1.54, 1.807) is 7.05 Å². The fourth-order valence-electron chi connectivity index (χ4n) is 1.35. The van der Waals surface area contributed by atoms with Gasteiger partial charge in [-0.15, -0.1) is 11.6 Å². The first-order chi connectivity index (χ1) is 7.15. The number of alkyl halides is 1. The molecule has 0 radical (unpaired) electrons. The summed E-state index contributed by atoms with van der Waals surface area (Å²) in [4.78, 5) is 24.1. The Kier molecular flexibility index (Phi) is 4.84. The molecule has 5 nitrogen and oxygen atoms in total. The molecule has 0 aromatic carbocycles. The summed E-state index contributed by atoms with van der Waals surface area (Å²) in [5.41, 5.74) is 0. The first-order valence-electron chi connectivity index (χ1n) is 4.85. The van der Waals surface area contributed by atoms with Crippen LogP contribution in [0, 0.1) is 0 Å². The largest absolute Gasteiger partial charge is 0.379 e. The molecular weight excluding hydrogens is 220 g/mol. The van der Waals surface area contributed by atoms with Crippen molar-refractivity contribution in [1.82, 2.24) is 10.2 Å². The summed E-state index contributed by atoms with van der Waals surface area (Å²) >= 11 is 5.38. The average molecular weight is 235 g/mol. The van der Waals surface area contributed by atoms with Gasteiger partial charge >= 0.3 is 6.03 Å². The molecule has 1 N–H and O–H groups in total. The van der Waals surface area contributed by atoms with Gasteiger partial charge < -0.3 is 9.64 Å². The highest BCUT2D eigenvalue weighted by atomic mass is 35.5. The number of halogens is 1. The van der Waals surface area contributed by atoms with Crippen LogP contribution in [0.1, 0.15) is 12.8 Å². The van der Waals surface area contributed by atoms with Crippen LogP contribution in [-0.4, -0.2) is 49.0 Å². The minimum atomic E-state index is -0.388. The van der Waals surface area contributed by atoms with Crippen molar-refractivity contribution in [2.24, 2.45) is 0 Å². The summed E-state index contributed by atoms with van der Waals surface area (Å²) in [7, 11) is 1.66. The molecule has 1 rings (SSSR count). The van der Waals surface area contributed by atoms with Gasteiger partial charge in [-0.25, -0.2) is 4.79 Å². The van der Waals surface area contributed by atoms with E-state index in [2.05, 4.69) is 5.32 Å². The van der Waals surface area contributed by atoms with E-state index in [9.17, 15) is 9.59 Å². The second-order valence-electron chi connectivity index (χ2n) is 3.42. The Morgan fingerprint density at radius 3 is 2.87 bits per heavy atom. The average Bonchev–Trinajstić information content (AvgIpc) is 2.69. The van der Waals surface area contributed by atoms with Crippen LogP contribution in [0.3, 0.4) is 0 Å². The third kappa shape index (κ3) is 3.68. The van der Waals surface area contributed by atoms with E-state index < -0.39 is 0 Å². The van der Waals surface area contributed by atoms with Crippen LogP contribution in [-0.2, 0) is 9.53 Å². The van der Waals surface area contributed by atoms with E-state index in [0.29, 0.717) is 13.2 Å². The Labute approximate surface area is 93.7 Å². The third-order valence-corrected chi connectivity index (χ3v) is 2.53. The summed E-state index contributed by atoms with van der Waals surface area (Å²) in [6.45, 7) is 1.20. The Morgan fingerprint density at radius 1 is 1.60 bits per heavy atom. The second kappa shape index (κ2) is 5.92. The highest BCUT2D eigenvalue weighted by molar-refractivity contribution is 6.19. The lowest BCUT2D eigenvalue weighted by Crippen LogP contribution is -2.46. The highest BCUT2D eigenvalue weighted by Crippen LogP contribution is 2.10. The lowest BCUT2D eigenvalue weighted by molar-refractivity contribution is -0.119. The summed E-state index contributed by atoms with van der Waals surface area (Å²) in [5, 5.41) is 2.27.